The lowest BCUT2D eigenvalue weighted by molar-refractivity contribution is -0.141. The van der Waals surface area contributed by atoms with Crippen molar-refractivity contribution in [2.75, 3.05) is 6.67 Å². The van der Waals surface area contributed by atoms with Crippen molar-refractivity contribution >= 4 is 35.6 Å². The van der Waals surface area contributed by atoms with Crippen LogP contribution in [-0.2, 0) is 35.3 Å². The maximum atomic E-state index is 12.8. The molecule has 0 saturated carbocycles. The maximum absolute atomic E-state index is 12.8. The summed E-state index contributed by atoms with van der Waals surface area (Å²) in [6, 6.07) is 3.96. The standard InChI is InChI=1S/C26H37FN4O8/c1-14(2)21(25(37)29-18(11-20(33)34)19(32)12-27)30-23(35)16(5)28-24(36)22(15(3)4)31-26(38)39-13-17-9-7-6-8-10-17/h6-10,14-16,18,21-22H,11-13H2,1-5H3,(H,28,36)(H,29,37)(H,30,35)(H,31,38)(H,33,34)/t16-,18-,21-,22-/m0/s1. The molecule has 0 heterocycles. The minimum atomic E-state index is -1.60. The third-order valence-corrected chi connectivity index (χ3v) is 5.65. The van der Waals surface area contributed by atoms with E-state index in [0.717, 1.165) is 5.56 Å². The molecule has 0 spiro atoms. The lowest BCUT2D eigenvalue weighted by Gasteiger charge is -2.27. The van der Waals surface area contributed by atoms with Crippen molar-refractivity contribution in [3.63, 3.8) is 0 Å². The zero-order valence-electron chi connectivity index (χ0n) is 22.7. The molecular weight excluding hydrogens is 515 g/mol. The first-order valence-electron chi connectivity index (χ1n) is 12.5. The Balaban J connectivity index is 2.79. The van der Waals surface area contributed by atoms with E-state index in [-0.39, 0.29) is 12.5 Å². The summed E-state index contributed by atoms with van der Waals surface area (Å²) in [5.74, 6) is -5.70. The fourth-order valence-corrected chi connectivity index (χ4v) is 3.38. The minimum Gasteiger partial charge on any atom is -0.481 e. The Labute approximate surface area is 226 Å². The Hall–Kier alpha value is -4.03. The van der Waals surface area contributed by atoms with Gasteiger partial charge < -0.3 is 31.1 Å². The zero-order valence-corrected chi connectivity index (χ0v) is 22.7. The molecule has 0 aliphatic heterocycles. The Bertz CT molecular complexity index is 1020. The SMILES string of the molecule is CC(C)[C@H](NC(=O)OCc1ccccc1)C(=O)N[C@@H](C)C(=O)N[C@H](C(=O)N[C@@H](CC(=O)O)C(=O)CF)C(C)C. The van der Waals surface area contributed by atoms with Crippen molar-refractivity contribution in [2.45, 2.75) is 71.8 Å². The maximum Gasteiger partial charge on any atom is 0.408 e. The number of nitrogens with one attached hydrogen (secondary N) is 4. The third-order valence-electron chi connectivity index (χ3n) is 5.65. The fraction of sp³-hybridized carbons (Fsp3) is 0.538. The second-order valence-electron chi connectivity index (χ2n) is 9.65. The molecule has 13 heteroatoms. The van der Waals surface area contributed by atoms with Gasteiger partial charge in [-0.15, -0.1) is 0 Å². The van der Waals surface area contributed by atoms with E-state index < -0.39 is 78.7 Å². The summed E-state index contributed by atoms with van der Waals surface area (Å²) < 4.78 is 18.0. The van der Waals surface area contributed by atoms with Crippen molar-refractivity contribution < 1.29 is 43.0 Å². The number of hydrogen-bond acceptors (Lipinski definition) is 7. The average Bonchev–Trinajstić information content (AvgIpc) is 2.87. The molecule has 0 radical (unpaired) electrons. The number of amides is 4. The molecule has 39 heavy (non-hydrogen) atoms. The molecule has 4 atom stereocenters. The monoisotopic (exact) mass is 552 g/mol. The smallest absolute Gasteiger partial charge is 0.408 e. The summed E-state index contributed by atoms with van der Waals surface area (Å²) in [5.41, 5.74) is 0.760. The fourth-order valence-electron chi connectivity index (χ4n) is 3.38. The first-order chi connectivity index (χ1) is 18.3. The molecule has 0 fully saturated rings. The summed E-state index contributed by atoms with van der Waals surface area (Å²) in [6.45, 7) is 6.47. The van der Waals surface area contributed by atoms with Gasteiger partial charge in [-0.2, -0.15) is 0 Å². The second kappa shape index (κ2) is 16.0. The van der Waals surface area contributed by atoms with Crippen LogP contribution in [0, 0.1) is 11.8 Å². The van der Waals surface area contributed by atoms with Gasteiger partial charge in [0.05, 0.1) is 6.42 Å². The van der Waals surface area contributed by atoms with Crippen LogP contribution >= 0.6 is 0 Å². The van der Waals surface area contributed by atoms with Crippen LogP contribution in [-0.4, -0.2) is 71.5 Å². The van der Waals surface area contributed by atoms with Crippen LogP contribution in [0.3, 0.4) is 0 Å². The van der Waals surface area contributed by atoms with Crippen molar-refractivity contribution in [3.8, 4) is 0 Å². The highest BCUT2D eigenvalue weighted by atomic mass is 19.1. The Morgan fingerprint density at radius 2 is 1.33 bits per heavy atom. The average molecular weight is 553 g/mol. The summed E-state index contributed by atoms with van der Waals surface area (Å²) in [7, 11) is 0. The number of ketones is 1. The van der Waals surface area contributed by atoms with Gasteiger partial charge in [0.15, 0.2) is 5.78 Å². The van der Waals surface area contributed by atoms with Crippen LogP contribution < -0.4 is 21.3 Å². The molecule has 1 aromatic rings. The highest BCUT2D eigenvalue weighted by molar-refractivity contribution is 5.96. The Kier molecular flexibility index (Phi) is 13.6. The van der Waals surface area contributed by atoms with E-state index in [4.69, 9.17) is 9.84 Å². The van der Waals surface area contributed by atoms with E-state index in [1.54, 1.807) is 52.0 Å². The van der Waals surface area contributed by atoms with Gasteiger partial charge >= 0.3 is 12.1 Å². The first kappa shape index (κ1) is 33.0. The molecule has 1 rings (SSSR count). The summed E-state index contributed by atoms with van der Waals surface area (Å²) in [4.78, 5) is 73.3. The van der Waals surface area contributed by atoms with Crippen LogP contribution in [0.25, 0.3) is 0 Å². The van der Waals surface area contributed by atoms with Gasteiger partial charge in [0.25, 0.3) is 0 Å². The molecule has 0 unspecified atom stereocenters. The first-order valence-corrected chi connectivity index (χ1v) is 12.5. The van der Waals surface area contributed by atoms with Gasteiger partial charge in [0.2, 0.25) is 17.7 Å². The number of hydrogen-bond donors (Lipinski definition) is 5. The highest BCUT2D eigenvalue weighted by Gasteiger charge is 2.32. The topological polar surface area (TPSA) is 180 Å². The van der Waals surface area contributed by atoms with Crippen LogP contribution in [0.4, 0.5) is 9.18 Å². The number of carboxylic acid groups (broad SMARTS) is 1. The molecule has 216 valence electrons. The molecule has 1 aromatic carbocycles. The Morgan fingerprint density at radius 3 is 1.85 bits per heavy atom. The van der Waals surface area contributed by atoms with Crippen molar-refractivity contribution in [1.29, 1.82) is 0 Å². The zero-order chi connectivity index (χ0) is 29.7. The molecule has 0 aromatic heterocycles. The predicted molar refractivity (Wildman–Crippen MR) is 138 cm³/mol. The second-order valence-corrected chi connectivity index (χ2v) is 9.65. The van der Waals surface area contributed by atoms with Crippen LogP contribution in [0.15, 0.2) is 30.3 Å². The minimum absolute atomic E-state index is 0.000812. The number of rotatable bonds is 15. The predicted octanol–water partition coefficient (Wildman–Crippen LogP) is 1.08. The number of carboxylic acids is 1. The number of halogens is 1. The van der Waals surface area contributed by atoms with Crippen LogP contribution in [0.5, 0.6) is 0 Å². The molecule has 4 amide bonds. The number of ether oxygens (including phenoxy) is 1. The van der Waals surface area contributed by atoms with Crippen LogP contribution in [0.2, 0.25) is 0 Å². The Morgan fingerprint density at radius 1 is 0.795 bits per heavy atom. The number of carbonyl (C=O) groups excluding carboxylic acids is 5. The van der Waals surface area contributed by atoms with Crippen molar-refractivity contribution in [3.05, 3.63) is 35.9 Å². The summed E-state index contributed by atoms with van der Waals surface area (Å²) in [6.07, 6.45) is -1.64. The molecular formula is C26H37FN4O8. The van der Waals surface area contributed by atoms with Gasteiger partial charge in [0, 0.05) is 0 Å². The molecule has 0 bridgehead atoms. The molecule has 5 N–H and O–H groups in total. The number of alkyl halides is 1. The van der Waals surface area contributed by atoms with Gasteiger partial charge in [0.1, 0.15) is 37.4 Å². The van der Waals surface area contributed by atoms with Crippen LogP contribution in [0.1, 0.15) is 46.6 Å². The van der Waals surface area contributed by atoms with Gasteiger partial charge in [-0.1, -0.05) is 58.0 Å². The van der Waals surface area contributed by atoms with Gasteiger partial charge in [-0.05, 0) is 24.3 Å². The quantitative estimate of drug-likeness (QED) is 0.214. The summed E-state index contributed by atoms with van der Waals surface area (Å²) >= 11 is 0. The van der Waals surface area contributed by atoms with E-state index in [2.05, 4.69) is 21.3 Å². The third kappa shape index (κ3) is 11.5. The van der Waals surface area contributed by atoms with E-state index in [1.165, 1.54) is 6.92 Å². The largest absolute Gasteiger partial charge is 0.481 e. The number of carbonyl (C=O) groups is 6. The van der Waals surface area contributed by atoms with E-state index in [0.29, 0.717) is 0 Å². The lowest BCUT2D eigenvalue weighted by atomic mass is 10.0. The van der Waals surface area contributed by atoms with Crippen molar-refractivity contribution in [1.82, 2.24) is 21.3 Å². The van der Waals surface area contributed by atoms with Gasteiger partial charge in [-0.25, -0.2) is 9.18 Å². The number of Topliss-reactive ketones (excluding diaryl/α,β-unsaturated/α-hetero) is 1. The van der Waals surface area contributed by atoms with E-state index in [1.807, 2.05) is 6.07 Å². The number of aliphatic carboxylic acids is 1. The molecule has 0 aliphatic carbocycles. The number of alkyl carbamates (subject to hydrolysis) is 1. The van der Waals surface area contributed by atoms with E-state index in [9.17, 15) is 33.2 Å². The van der Waals surface area contributed by atoms with Crippen molar-refractivity contribution in [2.24, 2.45) is 11.8 Å². The molecule has 0 saturated heterocycles. The molecule has 0 aliphatic rings. The van der Waals surface area contributed by atoms with E-state index >= 15 is 0 Å². The summed E-state index contributed by atoms with van der Waals surface area (Å²) in [5, 5.41) is 18.5. The molecule has 12 nitrogen and oxygen atoms in total. The normalized spacial score (nSPS) is 13.9. The number of benzene rings is 1. The lowest BCUT2D eigenvalue weighted by Crippen LogP contribution is -2.59. The highest BCUT2D eigenvalue weighted by Crippen LogP contribution is 2.07. The van der Waals surface area contributed by atoms with Gasteiger partial charge in [-0.3, -0.25) is 24.0 Å².